The number of fused-ring (bicyclic) bond motifs is 1. The Morgan fingerprint density at radius 2 is 2.00 bits per heavy atom. The number of methoxy groups -OCH3 is 1. The molecule has 3 aromatic heterocycles. The van der Waals surface area contributed by atoms with Crippen molar-refractivity contribution in [1.29, 1.82) is 0 Å². The van der Waals surface area contributed by atoms with Crippen LogP contribution in [0.1, 0.15) is 15.9 Å². The third-order valence-corrected chi connectivity index (χ3v) is 4.10. The molecule has 0 spiro atoms. The van der Waals surface area contributed by atoms with Crippen molar-refractivity contribution in [2.24, 2.45) is 0 Å². The van der Waals surface area contributed by atoms with Gasteiger partial charge in [0.15, 0.2) is 5.78 Å². The van der Waals surface area contributed by atoms with Gasteiger partial charge in [-0.25, -0.2) is 4.98 Å². The average Bonchev–Trinajstić information content (AvgIpc) is 3.11. The number of rotatable bonds is 4. The van der Waals surface area contributed by atoms with Crippen LogP contribution in [0.2, 0.25) is 0 Å². The summed E-state index contributed by atoms with van der Waals surface area (Å²) in [4.78, 5) is 24.6. The highest BCUT2D eigenvalue weighted by Gasteiger charge is 2.16. The Morgan fingerprint density at radius 1 is 1.08 bits per heavy atom. The molecule has 3 heterocycles. The van der Waals surface area contributed by atoms with Gasteiger partial charge in [-0.05, 0) is 24.3 Å². The normalized spacial score (nSPS) is 10.8. The third kappa shape index (κ3) is 2.76. The zero-order chi connectivity index (χ0) is 17.2. The van der Waals surface area contributed by atoms with Crippen molar-refractivity contribution < 1.29 is 9.53 Å². The van der Waals surface area contributed by atoms with Gasteiger partial charge in [0.05, 0.1) is 7.11 Å². The number of pyridine rings is 2. The number of aromatic nitrogens is 3. The zero-order valence-corrected chi connectivity index (χ0v) is 13.6. The Labute approximate surface area is 144 Å². The van der Waals surface area contributed by atoms with Crippen molar-refractivity contribution in [1.82, 2.24) is 15.0 Å². The summed E-state index contributed by atoms with van der Waals surface area (Å²) in [6.45, 7) is 0. The monoisotopic (exact) mass is 329 g/mol. The van der Waals surface area contributed by atoms with Crippen LogP contribution in [0, 0.1) is 0 Å². The minimum atomic E-state index is -0.0738. The molecule has 122 valence electrons. The molecule has 5 nitrogen and oxygen atoms in total. The van der Waals surface area contributed by atoms with Crippen LogP contribution in [-0.4, -0.2) is 27.8 Å². The molecule has 5 heteroatoms. The van der Waals surface area contributed by atoms with Crippen molar-refractivity contribution in [2.75, 3.05) is 7.11 Å². The maximum absolute atomic E-state index is 12.9. The summed E-state index contributed by atoms with van der Waals surface area (Å²) in [5.41, 5.74) is 3.71. The van der Waals surface area contributed by atoms with Crippen molar-refractivity contribution in [3.8, 4) is 16.9 Å². The molecular formula is C20H15N3O2. The van der Waals surface area contributed by atoms with Crippen LogP contribution in [0.25, 0.3) is 22.2 Å². The summed E-state index contributed by atoms with van der Waals surface area (Å²) in [6, 6.07) is 12.9. The van der Waals surface area contributed by atoms with E-state index >= 15 is 0 Å². The highest BCUT2D eigenvalue weighted by Crippen LogP contribution is 2.26. The van der Waals surface area contributed by atoms with Crippen LogP contribution >= 0.6 is 0 Å². The Bertz CT molecular complexity index is 1050. The summed E-state index contributed by atoms with van der Waals surface area (Å²) in [5.74, 6) is 0.579. The molecule has 4 aromatic rings. The fourth-order valence-corrected chi connectivity index (χ4v) is 2.80. The number of ketones is 1. The van der Waals surface area contributed by atoms with Gasteiger partial charge in [0.2, 0.25) is 0 Å². The van der Waals surface area contributed by atoms with E-state index in [0.717, 1.165) is 16.5 Å². The first-order chi connectivity index (χ1) is 12.3. The van der Waals surface area contributed by atoms with Crippen LogP contribution < -0.4 is 4.74 Å². The highest BCUT2D eigenvalue weighted by atomic mass is 16.5. The number of carbonyl (C=O) groups is 1. The van der Waals surface area contributed by atoms with Gasteiger partial charge in [0, 0.05) is 52.4 Å². The van der Waals surface area contributed by atoms with E-state index in [0.29, 0.717) is 22.5 Å². The molecule has 4 rings (SSSR count). The Hall–Kier alpha value is -3.47. The lowest BCUT2D eigenvalue weighted by Crippen LogP contribution is -2.00. The molecule has 1 N–H and O–H groups in total. The van der Waals surface area contributed by atoms with Gasteiger partial charge in [0.1, 0.15) is 11.4 Å². The summed E-state index contributed by atoms with van der Waals surface area (Å²) in [6.07, 6.45) is 6.98. The molecule has 25 heavy (non-hydrogen) atoms. The van der Waals surface area contributed by atoms with E-state index in [4.69, 9.17) is 4.74 Å². The van der Waals surface area contributed by atoms with Gasteiger partial charge in [0.25, 0.3) is 0 Å². The zero-order valence-electron chi connectivity index (χ0n) is 13.6. The number of carbonyl (C=O) groups excluding carboxylic acids is 1. The number of nitrogens with one attached hydrogen (secondary N) is 1. The molecule has 0 amide bonds. The Balaban J connectivity index is 1.80. The van der Waals surface area contributed by atoms with E-state index in [1.165, 1.54) is 0 Å². The van der Waals surface area contributed by atoms with E-state index in [2.05, 4.69) is 15.0 Å². The lowest BCUT2D eigenvalue weighted by Gasteiger charge is -2.04. The molecule has 0 fully saturated rings. The lowest BCUT2D eigenvalue weighted by atomic mass is 10.0. The fourth-order valence-electron chi connectivity index (χ4n) is 2.80. The third-order valence-electron chi connectivity index (χ3n) is 4.10. The minimum absolute atomic E-state index is 0.0738. The van der Waals surface area contributed by atoms with E-state index in [1.54, 1.807) is 50.1 Å². The molecule has 0 aliphatic carbocycles. The fraction of sp³-hybridized carbons (Fsp3) is 0.0500. The first-order valence-electron chi connectivity index (χ1n) is 7.82. The van der Waals surface area contributed by atoms with Gasteiger partial charge in [-0.15, -0.1) is 0 Å². The van der Waals surface area contributed by atoms with Gasteiger partial charge < -0.3 is 9.72 Å². The van der Waals surface area contributed by atoms with Gasteiger partial charge >= 0.3 is 0 Å². The first kappa shape index (κ1) is 15.1. The predicted octanol–water partition coefficient (Wildman–Crippen LogP) is 3.86. The SMILES string of the molecule is COc1cccc(C(=O)c2c[nH]c3ncc(-c4cccnc4)cc23)c1. The largest absolute Gasteiger partial charge is 0.497 e. The summed E-state index contributed by atoms with van der Waals surface area (Å²) in [5, 5.41) is 0.786. The Kier molecular flexibility index (Phi) is 3.74. The van der Waals surface area contributed by atoms with Crippen LogP contribution in [-0.2, 0) is 0 Å². The summed E-state index contributed by atoms with van der Waals surface area (Å²) < 4.78 is 5.21. The minimum Gasteiger partial charge on any atom is -0.497 e. The van der Waals surface area contributed by atoms with Gasteiger partial charge in [-0.1, -0.05) is 18.2 Å². The van der Waals surface area contributed by atoms with E-state index in [1.807, 2.05) is 24.3 Å². The molecule has 0 unspecified atom stereocenters. The lowest BCUT2D eigenvalue weighted by molar-refractivity contribution is 0.104. The second-order valence-electron chi connectivity index (χ2n) is 5.63. The molecule has 0 aliphatic heterocycles. The average molecular weight is 329 g/mol. The second kappa shape index (κ2) is 6.20. The number of ether oxygens (including phenoxy) is 1. The van der Waals surface area contributed by atoms with E-state index in [9.17, 15) is 4.79 Å². The predicted molar refractivity (Wildman–Crippen MR) is 95.8 cm³/mol. The van der Waals surface area contributed by atoms with E-state index < -0.39 is 0 Å². The van der Waals surface area contributed by atoms with Crippen LogP contribution in [0.5, 0.6) is 5.75 Å². The van der Waals surface area contributed by atoms with Gasteiger partial charge in [-0.2, -0.15) is 0 Å². The molecule has 0 atom stereocenters. The molecular weight excluding hydrogens is 314 g/mol. The van der Waals surface area contributed by atoms with Crippen LogP contribution in [0.15, 0.2) is 67.3 Å². The Morgan fingerprint density at radius 3 is 2.80 bits per heavy atom. The number of aromatic amines is 1. The molecule has 0 saturated carbocycles. The van der Waals surface area contributed by atoms with Crippen LogP contribution in [0.4, 0.5) is 0 Å². The maximum atomic E-state index is 12.9. The topological polar surface area (TPSA) is 67.9 Å². The van der Waals surface area contributed by atoms with Crippen molar-refractivity contribution in [3.05, 3.63) is 78.4 Å². The van der Waals surface area contributed by atoms with Crippen LogP contribution in [0.3, 0.4) is 0 Å². The van der Waals surface area contributed by atoms with Crippen molar-refractivity contribution in [3.63, 3.8) is 0 Å². The molecule has 0 radical (unpaired) electrons. The number of hydrogen-bond donors (Lipinski definition) is 1. The first-order valence-corrected chi connectivity index (χ1v) is 7.82. The second-order valence-corrected chi connectivity index (χ2v) is 5.63. The number of nitrogens with zero attached hydrogens (tertiary/aromatic N) is 2. The molecule has 1 aromatic carbocycles. The summed E-state index contributed by atoms with van der Waals surface area (Å²) >= 11 is 0. The standard InChI is InChI=1S/C20H15N3O2/c1-25-16-6-2-4-13(8-16)19(24)18-12-23-20-17(18)9-15(11-22-20)14-5-3-7-21-10-14/h2-12H,1H3,(H,22,23). The highest BCUT2D eigenvalue weighted by molar-refractivity contribution is 6.16. The number of hydrogen-bond acceptors (Lipinski definition) is 4. The molecule has 0 bridgehead atoms. The maximum Gasteiger partial charge on any atom is 0.195 e. The van der Waals surface area contributed by atoms with Gasteiger partial charge in [-0.3, -0.25) is 9.78 Å². The molecule has 0 saturated heterocycles. The number of H-pyrrole nitrogens is 1. The quantitative estimate of drug-likeness (QED) is 0.577. The van der Waals surface area contributed by atoms with E-state index in [-0.39, 0.29) is 5.78 Å². The molecule has 0 aliphatic rings. The number of benzene rings is 1. The van der Waals surface area contributed by atoms with Crippen molar-refractivity contribution in [2.45, 2.75) is 0 Å². The summed E-state index contributed by atoms with van der Waals surface area (Å²) in [7, 11) is 1.58. The van der Waals surface area contributed by atoms with Crippen molar-refractivity contribution >= 4 is 16.8 Å². The smallest absolute Gasteiger partial charge is 0.195 e.